The lowest BCUT2D eigenvalue weighted by molar-refractivity contribution is 0.102. The molecule has 0 saturated heterocycles. The van der Waals surface area contributed by atoms with Crippen molar-refractivity contribution in [3.63, 3.8) is 0 Å². The van der Waals surface area contributed by atoms with Crippen molar-refractivity contribution in [1.82, 2.24) is 9.55 Å². The minimum absolute atomic E-state index is 0.108. The van der Waals surface area contributed by atoms with Crippen molar-refractivity contribution in [2.75, 3.05) is 18.5 Å². The van der Waals surface area contributed by atoms with Crippen molar-refractivity contribution in [3.8, 4) is 11.5 Å². The highest BCUT2D eigenvalue weighted by atomic mass is 32.1. The molecule has 0 fully saturated rings. The molecule has 8 nitrogen and oxygen atoms in total. The minimum Gasteiger partial charge on any atom is -0.486 e. The Morgan fingerprint density at radius 2 is 2.00 bits per heavy atom. The molecule has 0 atom stereocenters. The van der Waals surface area contributed by atoms with Crippen LogP contribution in [0, 0.1) is 0 Å². The first-order valence-electron chi connectivity index (χ1n) is 8.18. The maximum absolute atomic E-state index is 12.6. The number of nitrogens with one attached hydrogen (secondary N) is 2. The first kappa shape index (κ1) is 17.1. The highest BCUT2D eigenvalue weighted by Gasteiger charge is 2.17. The van der Waals surface area contributed by atoms with E-state index >= 15 is 0 Å². The minimum atomic E-state index is -0.651. The highest BCUT2D eigenvalue weighted by Crippen LogP contribution is 2.32. The molecule has 0 saturated carbocycles. The lowest BCUT2D eigenvalue weighted by atomic mass is 10.2. The molecule has 0 unspecified atom stereocenters. The van der Waals surface area contributed by atoms with Gasteiger partial charge < -0.3 is 19.8 Å². The van der Waals surface area contributed by atoms with E-state index in [1.165, 1.54) is 11.3 Å². The molecular weight excluding hydrogens is 370 g/mol. The quantitative estimate of drug-likeness (QED) is 0.711. The van der Waals surface area contributed by atoms with Crippen LogP contribution in [-0.2, 0) is 6.54 Å². The summed E-state index contributed by atoms with van der Waals surface area (Å²) in [6, 6.07) is 8.62. The van der Waals surface area contributed by atoms with E-state index < -0.39 is 17.2 Å². The van der Waals surface area contributed by atoms with Crippen molar-refractivity contribution < 1.29 is 14.3 Å². The fraction of sp³-hybridized carbons (Fsp3) is 0.167. The van der Waals surface area contributed by atoms with Crippen LogP contribution in [0.3, 0.4) is 0 Å². The fourth-order valence-corrected chi connectivity index (χ4v) is 3.39. The SMILES string of the molecule is O=C(Nc1ccc2c(c1)OCCO2)c1c[nH]c(=O)n(Cc2cccs2)c1=O. The zero-order chi connectivity index (χ0) is 18.8. The molecular formula is C18H15N3O5S. The van der Waals surface area contributed by atoms with Gasteiger partial charge in [-0.25, -0.2) is 4.79 Å². The van der Waals surface area contributed by atoms with E-state index in [0.29, 0.717) is 30.4 Å². The number of aromatic nitrogens is 2. The highest BCUT2D eigenvalue weighted by molar-refractivity contribution is 7.09. The van der Waals surface area contributed by atoms with E-state index in [1.54, 1.807) is 18.2 Å². The van der Waals surface area contributed by atoms with Crippen LogP contribution in [0.15, 0.2) is 51.5 Å². The number of fused-ring (bicyclic) bond motifs is 1. The van der Waals surface area contributed by atoms with Crippen LogP contribution in [0.25, 0.3) is 0 Å². The topological polar surface area (TPSA) is 102 Å². The zero-order valence-corrected chi connectivity index (χ0v) is 14.9. The molecule has 2 N–H and O–H groups in total. The zero-order valence-electron chi connectivity index (χ0n) is 14.1. The maximum Gasteiger partial charge on any atom is 0.328 e. The van der Waals surface area contributed by atoms with Crippen LogP contribution in [0.5, 0.6) is 11.5 Å². The first-order chi connectivity index (χ1) is 13.1. The smallest absolute Gasteiger partial charge is 0.328 e. The molecule has 4 rings (SSSR count). The average Bonchev–Trinajstić information content (AvgIpc) is 3.18. The molecule has 1 aliphatic rings. The number of rotatable bonds is 4. The maximum atomic E-state index is 12.6. The molecule has 0 bridgehead atoms. The van der Waals surface area contributed by atoms with Crippen molar-refractivity contribution in [3.05, 3.63) is 73.2 Å². The molecule has 1 amide bonds. The van der Waals surface area contributed by atoms with Gasteiger partial charge in [-0.1, -0.05) is 6.07 Å². The van der Waals surface area contributed by atoms with E-state index in [2.05, 4.69) is 10.3 Å². The lowest BCUT2D eigenvalue weighted by Crippen LogP contribution is -2.39. The van der Waals surface area contributed by atoms with Crippen molar-refractivity contribution in [1.29, 1.82) is 0 Å². The fourth-order valence-electron chi connectivity index (χ4n) is 2.70. The number of aromatic amines is 1. The number of H-pyrrole nitrogens is 1. The van der Waals surface area contributed by atoms with Gasteiger partial charge in [0.2, 0.25) is 0 Å². The van der Waals surface area contributed by atoms with E-state index in [-0.39, 0.29) is 12.1 Å². The number of amides is 1. The van der Waals surface area contributed by atoms with Gasteiger partial charge in [0.1, 0.15) is 18.8 Å². The second-order valence-electron chi connectivity index (χ2n) is 5.79. The molecule has 2 aromatic heterocycles. The summed E-state index contributed by atoms with van der Waals surface area (Å²) in [5.41, 5.74) is -0.910. The number of carbonyl (C=O) groups is 1. The Morgan fingerprint density at radius 1 is 1.19 bits per heavy atom. The normalized spacial score (nSPS) is 12.6. The number of ether oxygens (including phenoxy) is 2. The summed E-state index contributed by atoms with van der Waals surface area (Å²) in [6.07, 6.45) is 1.13. The summed E-state index contributed by atoms with van der Waals surface area (Å²) in [4.78, 5) is 40.5. The Hall–Kier alpha value is -3.33. The van der Waals surface area contributed by atoms with E-state index in [9.17, 15) is 14.4 Å². The third-order valence-corrected chi connectivity index (χ3v) is 4.86. The Labute approximate surface area is 157 Å². The molecule has 0 radical (unpaired) electrons. The van der Waals surface area contributed by atoms with Gasteiger partial charge in [0.05, 0.1) is 6.54 Å². The second kappa shape index (κ2) is 7.12. The molecule has 138 valence electrons. The van der Waals surface area contributed by atoms with Crippen molar-refractivity contribution in [2.45, 2.75) is 6.54 Å². The van der Waals surface area contributed by atoms with Crippen molar-refractivity contribution >= 4 is 22.9 Å². The van der Waals surface area contributed by atoms with Gasteiger partial charge in [0.25, 0.3) is 11.5 Å². The molecule has 1 aliphatic heterocycles. The summed E-state index contributed by atoms with van der Waals surface area (Å²) < 4.78 is 11.9. The molecule has 0 aliphatic carbocycles. The molecule has 27 heavy (non-hydrogen) atoms. The van der Waals surface area contributed by atoms with Gasteiger partial charge >= 0.3 is 5.69 Å². The first-order valence-corrected chi connectivity index (χ1v) is 9.06. The molecule has 1 aromatic carbocycles. The van der Waals surface area contributed by atoms with Crippen LogP contribution in [-0.4, -0.2) is 28.7 Å². The predicted molar refractivity (Wildman–Crippen MR) is 100 cm³/mol. The van der Waals surface area contributed by atoms with Gasteiger partial charge in [0.15, 0.2) is 11.5 Å². The second-order valence-corrected chi connectivity index (χ2v) is 6.82. The number of benzene rings is 1. The van der Waals surface area contributed by atoms with Crippen LogP contribution in [0.4, 0.5) is 5.69 Å². The predicted octanol–water partition coefficient (Wildman–Crippen LogP) is 1.67. The number of nitrogens with zero attached hydrogens (tertiary/aromatic N) is 1. The molecule has 0 spiro atoms. The Balaban J connectivity index is 1.60. The van der Waals surface area contributed by atoms with Crippen molar-refractivity contribution in [2.24, 2.45) is 0 Å². The van der Waals surface area contributed by atoms with Gasteiger partial charge in [-0.3, -0.25) is 14.2 Å². The third kappa shape index (κ3) is 3.49. The van der Waals surface area contributed by atoms with Crippen LogP contribution >= 0.6 is 11.3 Å². The van der Waals surface area contributed by atoms with Gasteiger partial charge in [-0.05, 0) is 23.6 Å². The average molecular weight is 385 g/mol. The van der Waals surface area contributed by atoms with Crippen LogP contribution in [0.1, 0.15) is 15.2 Å². The summed E-state index contributed by atoms with van der Waals surface area (Å²) >= 11 is 1.43. The number of carbonyl (C=O) groups excluding carboxylic acids is 1. The monoisotopic (exact) mass is 385 g/mol. The number of hydrogen-bond acceptors (Lipinski definition) is 6. The Kier molecular flexibility index (Phi) is 4.51. The summed E-state index contributed by atoms with van der Waals surface area (Å²) in [5.74, 6) is 0.505. The van der Waals surface area contributed by atoms with E-state index in [1.807, 2.05) is 17.5 Å². The van der Waals surface area contributed by atoms with Gasteiger partial charge in [-0.15, -0.1) is 11.3 Å². The van der Waals surface area contributed by atoms with Gasteiger partial charge in [0, 0.05) is 22.8 Å². The van der Waals surface area contributed by atoms with Gasteiger partial charge in [-0.2, -0.15) is 0 Å². The number of hydrogen-bond donors (Lipinski definition) is 2. The number of anilines is 1. The molecule has 3 aromatic rings. The Morgan fingerprint density at radius 3 is 2.78 bits per heavy atom. The summed E-state index contributed by atoms with van der Waals surface area (Å²) in [6.45, 7) is 1.01. The third-order valence-electron chi connectivity index (χ3n) is 4.00. The van der Waals surface area contributed by atoms with Crippen LogP contribution < -0.4 is 26.0 Å². The number of thiophene rings is 1. The molecule has 3 heterocycles. The molecule has 9 heteroatoms. The van der Waals surface area contributed by atoms with E-state index in [0.717, 1.165) is 15.6 Å². The standard InChI is InChI=1S/C18H15N3O5S/c22-16(20-11-3-4-14-15(8-11)26-6-5-25-14)13-9-19-18(24)21(17(13)23)10-12-2-1-7-27-12/h1-4,7-9H,5-6,10H2,(H,19,24)(H,20,22). The largest absolute Gasteiger partial charge is 0.486 e. The summed E-state index contributed by atoms with van der Waals surface area (Å²) in [5, 5.41) is 4.50. The van der Waals surface area contributed by atoms with Crippen LogP contribution in [0.2, 0.25) is 0 Å². The Bertz CT molecular complexity index is 1100. The summed E-state index contributed by atoms with van der Waals surface area (Å²) in [7, 11) is 0. The lowest BCUT2D eigenvalue weighted by Gasteiger charge is -2.19. The van der Waals surface area contributed by atoms with E-state index in [4.69, 9.17) is 9.47 Å².